The first-order valence-electron chi connectivity index (χ1n) is 4.08. The highest BCUT2D eigenvalue weighted by Gasteiger charge is 2.52. The average Bonchev–Trinajstić information content (AvgIpc) is 2.12. The summed E-state index contributed by atoms with van der Waals surface area (Å²) in [4.78, 5) is 0. The van der Waals surface area contributed by atoms with Gasteiger partial charge in [-0.05, 0) is 0 Å². The molecule has 1 fully saturated rings. The van der Waals surface area contributed by atoms with Crippen molar-refractivity contribution < 1.29 is 25.5 Å². The molecule has 0 aromatic rings. The quantitative estimate of drug-likeness (QED) is 0.257. The maximum Gasteiger partial charge on any atom is 0.133 e. The summed E-state index contributed by atoms with van der Waals surface area (Å²) in [5.74, 6) is 0. The summed E-state index contributed by atoms with van der Waals surface area (Å²) in [5, 5.41) is 46.7. The Morgan fingerprint density at radius 2 is 1.46 bits per heavy atom. The van der Waals surface area contributed by atoms with Gasteiger partial charge in [0.2, 0.25) is 0 Å². The van der Waals surface area contributed by atoms with Gasteiger partial charge in [-0.25, -0.2) is 0 Å². The van der Waals surface area contributed by atoms with Crippen LogP contribution < -0.4 is 5.73 Å². The van der Waals surface area contributed by atoms with E-state index in [-0.39, 0.29) is 6.42 Å². The summed E-state index contributed by atoms with van der Waals surface area (Å²) in [7, 11) is 0. The molecule has 1 aliphatic carbocycles. The molecule has 0 spiro atoms. The van der Waals surface area contributed by atoms with Gasteiger partial charge in [-0.3, -0.25) is 0 Å². The maximum atomic E-state index is 9.61. The van der Waals surface area contributed by atoms with E-state index in [0.717, 1.165) is 0 Å². The van der Waals surface area contributed by atoms with Gasteiger partial charge in [0.15, 0.2) is 0 Å². The van der Waals surface area contributed by atoms with Crippen molar-refractivity contribution in [2.24, 2.45) is 5.73 Å². The lowest BCUT2D eigenvalue weighted by atomic mass is 9.76. The van der Waals surface area contributed by atoms with Gasteiger partial charge in [0.25, 0.3) is 0 Å². The van der Waals surface area contributed by atoms with E-state index in [1.165, 1.54) is 0 Å². The van der Waals surface area contributed by atoms with Crippen molar-refractivity contribution in [2.75, 3.05) is 6.54 Å². The Hall–Kier alpha value is -0.240. The fourth-order valence-electron chi connectivity index (χ4n) is 1.59. The first-order chi connectivity index (χ1) is 5.93. The summed E-state index contributed by atoms with van der Waals surface area (Å²) in [6.45, 7) is -0.427. The number of nitrogens with two attached hydrogens (primary N) is 1. The van der Waals surface area contributed by atoms with E-state index in [1.807, 2.05) is 0 Å². The molecule has 0 amide bonds. The van der Waals surface area contributed by atoms with Crippen molar-refractivity contribution in [3.05, 3.63) is 0 Å². The number of rotatable bonds is 1. The normalized spacial score (nSPS) is 52.2. The van der Waals surface area contributed by atoms with Gasteiger partial charge in [-0.15, -0.1) is 0 Å². The van der Waals surface area contributed by atoms with Crippen molar-refractivity contribution in [3.8, 4) is 0 Å². The van der Waals surface area contributed by atoms with Crippen LogP contribution in [-0.2, 0) is 0 Å². The van der Waals surface area contributed by atoms with Crippen LogP contribution in [0.1, 0.15) is 6.42 Å². The third-order valence-corrected chi connectivity index (χ3v) is 2.56. The molecule has 0 heterocycles. The molecule has 1 rings (SSSR count). The summed E-state index contributed by atoms with van der Waals surface area (Å²) in [5.41, 5.74) is 3.12. The fraction of sp³-hybridized carbons (Fsp3) is 1.00. The Morgan fingerprint density at radius 1 is 1.08 bits per heavy atom. The molecule has 1 saturated carbocycles. The van der Waals surface area contributed by atoms with Crippen molar-refractivity contribution in [2.45, 2.75) is 36.4 Å². The molecule has 1 unspecified atom stereocenters. The minimum absolute atomic E-state index is 0.176. The van der Waals surface area contributed by atoms with E-state index in [4.69, 9.17) is 5.73 Å². The lowest BCUT2D eigenvalue weighted by Crippen LogP contribution is -2.68. The van der Waals surface area contributed by atoms with Crippen LogP contribution in [0.25, 0.3) is 0 Å². The van der Waals surface area contributed by atoms with Gasteiger partial charge in [0.1, 0.15) is 17.8 Å². The predicted molar refractivity (Wildman–Crippen MR) is 42.6 cm³/mol. The van der Waals surface area contributed by atoms with E-state index in [9.17, 15) is 25.5 Å². The van der Waals surface area contributed by atoms with Gasteiger partial charge in [-0.1, -0.05) is 0 Å². The van der Waals surface area contributed by atoms with Gasteiger partial charge in [0, 0.05) is 13.0 Å². The molecule has 1 aliphatic rings. The summed E-state index contributed by atoms with van der Waals surface area (Å²) >= 11 is 0. The molecule has 0 saturated heterocycles. The van der Waals surface area contributed by atoms with Gasteiger partial charge >= 0.3 is 0 Å². The molecule has 0 radical (unpaired) electrons. The summed E-state index contributed by atoms with van der Waals surface area (Å²) < 4.78 is 0. The van der Waals surface area contributed by atoms with Gasteiger partial charge < -0.3 is 31.3 Å². The van der Waals surface area contributed by atoms with E-state index in [2.05, 4.69) is 0 Å². The summed E-state index contributed by atoms with van der Waals surface area (Å²) in [6, 6.07) is 0. The van der Waals surface area contributed by atoms with E-state index in [0.29, 0.717) is 0 Å². The third kappa shape index (κ3) is 1.56. The van der Waals surface area contributed by atoms with Gasteiger partial charge in [0.05, 0.1) is 12.2 Å². The highest BCUT2D eigenvalue weighted by Crippen LogP contribution is 2.28. The minimum Gasteiger partial charge on any atom is -0.390 e. The number of hydrogen-bond acceptors (Lipinski definition) is 6. The van der Waals surface area contributed by atoms with Gasteiger partial charge in [-0.2, -0.15) is 0 Å². The Bertz CT molecular complexity index is 174. The second-order valence-corrected chi connectivity index (χ2v) is 3.46. The first-order valence-corrected chi connectivity index (χ1v) is 4.08. The largest absolute Gasteiger partial charge is 0.390 e. The zero-order chi connectivity index (χ0) is 10.2. The molecular weight excluding hydrogens is 178 g/mol. The van der Waals surface area contributed by atoms with Crippen molar-refractivity contribution >= 4 is 0 Å². The zero-order valence-electron chi connectivity index (χ0n) is 7.04. The minimum atomic E-state index is -2.03. The topological polar surface area (TPSA) is 127 Å². The van der Waals surface area contributed by atoms with Crippen LogP contribution in [0.2, 0.25) is 0 Å². The maximum absolute atomic E-state index is 9.61. The molecule has 6 heteroatoms. The first kappa shape index (κ1) is 10.8. The van der Waals surface area contributed by atoms with Crippen LogP contribution in [0.3, 0.4) is 0 Å². The van der Waals surface area contributed by atoms with E-state index in [1.54, 1.807) is 0 Å². The summed E-state index contributed by atoms with van der Waals surface area (Å²) in [6.07, 6.45) is -5.78. The van der Waals surface area contributed by atoms with Crippen molar-refractivity contribution in [3.63, 3.8) is 0 Å². The van der Waals surface area contributed by atoms with E-state index < -0.39 is 36.6 Å². The number of hydrogen-bond donors (Lipinski definition) is 6. The van der Waals surface area contributed by atoms with Crippen LogP contribution in [0.15, 0.2) is 0 Å². The standard InChI is InChI=1S/C7H15NO5/c8-2-7(13)5(11)3(9)1-4(10)6(7)12/h3-6,9-13H,1-2,8H2/t3-,4+,5-,6-,7?/m0/s1. The van der Waals surface area contributed by atoms with Crippen molar-refractivity contribution in [1.29, 1.82) is 0 Å². The average molecular weight is 193 g/mol. The molecule has 5 atom stereocenters. The van der Waals surface area contributed by atoms with Crippen molar-refractivity contribution in [1.82, 2.24) is 0 Å². The predicted octanol–water partition coefficient (Wildman–Crippen LogP) is -3.48. The fourth-order valence-corrected chi connectivity index (χ4v) is 1.59. The molecule has 6 nitrogen and oxygen atoms in total. The monoisotopic (exact) mass is 193 g/mol. The Morgan fingerprint density at radius 3 is 1.77 bits per heavy atom. The Labute approximate surface area is 75.2 Å². The lowest BCUT2D eigenvalue weighted by Gasteiger charge is -2.44. The molecule has 7 N–H and O–H groups in total. The highest BCUT2D eigenvalue weighted by molar-refractivity contribution is 5.04. The molecule has 0 aromatic carbocycles. The molecular formula is C7H15NO5. The third-order valence-electron chi connectivity index (χ3n) is 2.56. The van der Waals surface area contributed by atoms with Crippen LogP contribution in [0, 0.1) is 0 Å². The Balaban J connectivity index is 2.88. The number of aliphatic hydroxyl groups is 5. The second kappa shape index (κ2) is 3.49. The Kier molecular flexibility index (Phi) is 2.91. The van der Waals surface area contributed by atoms with Crippen LogP contribution in [0.5, 0.6) is 0 Å². The highest BCUT2D eigenvalue weighted by atomic mass is 16.4. The second-order valence-electron chi connectivity index (χ2n) is 3.46. The molecule has 0 aliphatic heterocycles. The molecule has 0 bridgehead atoms. The smallest absolute Gasteiger partial charge is 0.133 e. The van der Waals surface area contributed by atoms with Crippen LogP contribution in [0.4, 0.5) is 0 Å². The SMILES string of the molecule is NCC1(O)[C@@H](O)[C@H](O)C[C@H](O)[C@@H]1O. The molecule has 0 aromatic heterocycles. The number of aliphatic hydroxyl groups excluding tert-OH is 4. The lowest BCUT2D eigenvalue weighted by molar-refractivity contribution is -0.229. The van der Waals surface area contributed by atoms with Crippen LogP contribution in [-0.4, -0.2) is 62.1 Å². The zero-order valence-corrected chi connectivity index (χ0v) is 7.04. The molecule has 13 heavy (non-hydrogen) atoms. The van der Waals surface area contributed by atoms with E-state index >= 15 is 0 Å². The molecule has 78 valence electrons. The van der Waals surface area contributed by atoms with Crippen LogP contribution >= 0.6 is 0 Å².